The molecule has 0 aliphatic heterocycles. The van der Waals surface area contributed by atoms with E-state index >= 15 is 0 Å². The van der Waals surface area contributed by atoms with E-state index in [9.17, 15) is 4.79 Å². The largest absolute Gasteiger partial charge is 0.481 e. The third-order valence-corrected chi connectivity index (χ3v) is 4.76. The van der Waals surface area contributed by atoms with Crippen LogP contribution in [-0.4, -0.2) is 11.1 Å². The fourth-order valence-corrected chi connectivity index (χ4v) is 3.88. The predicted molar refractivity (Wildman–Crippen MR) is 69.7 cm³/mol. The highest BCUT2D eigenvalue weighted by molar-refractivity contribution is 7.19. The Morgan fingerprint density at radius 2 is 2.33 bits per heavy atom. The summed E-state index contributed by atoms with van der Waals surface area (Å²) >= 11 is 1.67. The second-order valence-electron chi connectivity index (χ2n) is 4.60. The highest BCUT2D eigenvalue weighted by Gasteiger charge is 2.27. The van der Waals surface area contributed by atoms with E-state index in [1.807, 2.05) is 18.2 Å². The Kier molecular flexibility index (Phi) is 2.57. The van der Waals surface area contributed by atoms with Crippen molar-refractivity contribution < 1.29 is 9.90 Å². The third kappa shape index (κ3) is 1.68. The maximum absolute atomic E-state index is 11.0. The Bertz CT molecular complexity index is 681. The lowest BCUT2D eigenvalue weighted by atomic mass is 9.87. The summed E-state index contributed by atoms with van der Waals surface area (Å²) in [5.41, 5.74) is 1.92. The lowest BCUT2D eigenvalue weighted by molar-refractivity contribution is -0.142. The molecule has 0 spiro atoms. The third-order valence-electron chi connectivity index (χ3n) is 3.53. The second kappa shape index (κ2) is 4.11. The lowest BCUT2D eigenvalue weighted by Gasteiger charge is -2.18. The summed E-state index contributed by atoms with van der Waals surface area (Å²) in [4.78, 5) is 12.2. The normalized spacial score (nSPS) is 18.3. The van der Waals surface area contributed by atoms with E-state index in [4.69, 9.17) is 10.4 Å². The van der Waals surface area contributed by atoms with Crippen LogP contribution in [-0.2, 0) is 17.6 Å². The molecule has 0 fully saturated rings. The average molecular weight is 257 g/mol. The Labute approximate surface area is 108 Å². The van der Waals surface area contributed by atoms with Gasteiger partial charge in [-0.2, -0.15) is 5.26 Å². The number of carbonyl (C=O) groups is 1. The van der Waals surface area contributed by atoms with Crippen molar-refractivity contribution in [1.29, 1.82) is 5.26 Å². The highest BCUT2D eigenvalue weighted by atomic mass is 32.1. The number of aliphatic carboxylic acids is 1. The van der Waals surface area contributed by atoms with Gasteiger partial charge in [-0.05, 0) is 48.4 Å². The van der Waals surface area contributed by atoms with Crippen LogP contribution in [0.25, 0.3) is 10.1 Å². The molecule has 1 atom stereocenters. The van der Waals surface area contributed by atoms with Gasteiger partial charge in [0, 0.05) is 9.58 Å². The predicted octanol–water partition coefficient (Wildman–Crippen LogP) is 2.96. The number of rotatable bonds is 1. The summed E-state index contributed by atoms with van der Waals surface area (Å²) < 4.78 is 1.16. The number of fused-ring (bicyclic) bond motifs is 3. The van der Waals surface area contributed by atoms with Gasteiger partial charge in [0.25, 0.3) is 0 Å². The minimum Gasteiger partial charge on any atom is -0.481 e. The molecule has 1 aliphatic carbocycles. The zero-order valence-corrected chi connectivity index (χ0v) is 10.5. The van der Waals surface area contributed by atoms with Crippen LogP contribution < -0.4 is 0 Å². The van der Waals surface area contributed by atoms with Crippen molar-refractivity contribution in [3.8, 4) is 6.07 Å². The number of thiophene rings is 1. The smallest absolute Gasteiger partial charge is 0.306 e. The minimum absolute atomic E-state index is 0.249. The molecule has 0 radical (unpaired) electrons. The molecule has 3 rings (SSSR count). The molecule has 2 aromatic rings. The van der Waals surface area contributed by atoms with Crippen molar-refractivity contribution in [3.63, 3.8) is 0 Å². The van der Waals surface area contributed by atoms with E-state index in [2.05, 4.69) is 6.07 Å². The van der Waals surface area contributed by atoms with E-state index in [1.165, 1.54) is 10.4 Å². The van der Waals surface area contributed by atoms with E-state index < -0.39 is 5.97 Å². The summed E-state index contributed by atoms with van der Waals surface area (Å²) in [5, 5.41) is 19.1. The number of nitrogens with zero attached hydrogens (tertiary/aromatic N) is 1. The molecular weight excluding hydrogens is 246 g/mol. The van der Waals surface area contributed by atoms with Crippen LogP contribution in [0.2, 0.25) is 0 Å². The van der Waals surface area contributed by atoms with Crippen molar-refractivity contribution in [2.75, 3.05) is 0 Å². The van der Waals surface area contributed by atoms with Crippen LogP contribution in [0.4, 0.5) is 0 Å². The van der Waals surface area contributed by atoms with E-state index in [0.29, 0.717) is 18.4 Å². The molecule has 0 saturated heterocycles. The first-order valence-electron chi connectivity index (χ1n) is 5.86. The van der Waals surface area contributed by atoms with Gasteiger partial charge < -0.3 is 5.11 Å². The van der Waals surface area contributed by atoms with Crippen LogP contribution in [0.3, 0.4) is 0 Å². The maximum atomic E-state index is 11.0. The molecule has 0 amide bonds. The van der Waals surface area contributed by atoms with Gasteiger partial charge in [0.1, 0.15) is 0 Å². The molecule has 1 aromatic carbocycles. The van der Waals surface area contributed by atoms with Crippen LogP contribution in [0.15, 0.2) is 18.2 Å². The number of hydrogen-bond acceptors (Lipinski definition) is 3. The summed E-state index contributed by atoms with van der Waals surface area (Å²) in [6.45, 7) is 0. The molecule has 3 nitrogen and oxygen atoms in total. The molecule has 1 unspecified atom stereocenters. The zero-order valence-electron chi connectivity index (χ0n) is 9.64. The molecular formula is C14H11NO2S. The molecule has 1 N–H and O–H groups in total. The van der Waals surface area contributed by atoms with Crippen molar-refractivity contribution in [3.05, 3.63) is 34.2 Å². The molecule has 1 aliphatic rings. The van der Waals surface area contributed by atoms with Crippen molar-refractivity contribution >= 4 is 27.4 Å². The summed E-state index contributed by atoms with van der Waals surface area (Å²) in [5.74, 6) is -0.947. The first-order valence-corrected chi connectivity index (χ1v) is 6.68. The Morgan fingerprint density at radius 1 is 1.50 bits per heavy atom. The number of hydrogen-bond donors (Lipinski definition) is 1. The van der Waals surface area contributed by atoms with Crippen LogP contribution in [0, 0.1) is 17.2 Å². The fraction of sp³-hybridized carbons (Fsp3) is 0.286. The number of carboxylic acid groups (broad SMARTS) is 1. The van der Waals surface area contributed by atoms with Crippen LogP contribution >= 0.6 is 11.3 Å². The molecule has 18 heavy (non-hydrogen) atoms. The fourth-order valence-electron chi connectivity index (χ4n) is 2.56. The first kappa shape index (κ1) is 11.2. The van der Waals surface area contributed by atoms with Gasteiger partial charge in [-0.15, -0.1) is 11.3 Å². The van der Waals surface area contributed by atoms with Gasteiger partial charge >= 0.3 is 5.97 Å². The Balaban J connectivity index is 2.11. The molecule has 90 valence electrons. The molecule has 1 aromatic heterocycles. The highest BCUT2D eigenvalue weighted by Crippen LogP contribution is 2.38. The van der Waals surface area contributed by atoms with E-state index in [1.54, 1.807) is 11.3 Å². The first-order chi connectivity index (χ1) is 8.69. The van der Waals surface area contributed by atoms with Crippen molar-refractivity contribution in [1.82, 2.24) is 0 Å². The van der Waals surface area contributed by atoms with Gasteiger partial charge in [-0.25, -0.2) is 0 Å². The quantitative estimate of drug-likeness (QED) is 0.854. The van der Waals surface area contributed by atoms with Crippen molar-refractivity contribution in [2.45, 2.75) is 19.3 Å². The van der Waals surface area contributed by atoms with E-state index in [-0.39, 0.29) is 5.92 Å². The molecule has 1 heterocycles. The van der Waals surface area contributed by atoms with Gasteiger partial charge in [-0.1, -0.05) is 0 Å². The topological polar surface area (TPSA) is 61.1 Å². The lowest BCUT2D eigenvalue weighted by Crippen LogP contribution is -2.20. The minimum atomic E-state index is -0.698. The second-order valence-corrected chi connectivity index (χ2v) is 5.74. The average Bonchev–Trinajstić information content (AvgIpc) is 2.75. The van der Waals surface area contributed by atoms with Crippen molar-refractivity contribution in [2.24, 2.45) is 5.92 Å². The number of carboxylic acids is 1. The monoisotopic (exact) mass is 257 g/mol. The van der Waals surface area contributed by atoms with Gasteiger partial charge in [0.2, 0.25) is 0 Å². The zero-order chi connectivity index (χ0) is 12.7. The van der Waals surface area contributed by atoms with Gasteiger partial charge in [0.05, 0.1) is 17.6 Å². The van der Waals surface area contributed by atoms with Crippen LogP contribution in [0.5, 0.6) is 0 Å². The number of nitriles is 1. The Hall–Kier alpha value is -1.86. The standard InChI is InChI=1S/C14H11NO2S/c15-7-8-1-4-12-11(5-8)10-3-2-9(14(16)17)6-13(10)18-12/h1,4-5,9H,2-3,6H2,(H,16,17). The SMILES string of the molecule is N#Cc1ccc2sc3c(c2c1)CCC(C(=O)O)C3. The molecule has 0 bridgehead atoms. The Morgan fingerprint density at radius 3 is 3.06 bits per heavy atom. The number of benzene rings is 1. The maximum Gasteiger partial charge on any atom is 0.306 e. The summed E-state index contributed by atoms with van der Waals surface area (Å²) in [7, 11) is 0. The van der Waals surface area contributed by atoms with E-state index in [0.717, 1.165) is 16.5 Å². The summed E-state index contributed by atoms with van der Waals surface area (Å²) in [6.07, 6.45) is 2.14. The molecule has 0 saturated carbocycles. The number of aryl methyl sites for hydroxylation is 1. The summed E-state index contributed by atoms with van der Waals surface area (Å²) in [6, 6.07) is 7.86. The van der Waals surface area contributed by atoms with Crippen LogP contribution in [0.1, 0.15) is 22.4 Å². The van der Waals surface area contributed by atoms with Gasteiger partial charge in [0.15, 0.2) is 0 Å². The molecule has 4 heteroatoms. The van der Waals surface area contributed by atoms with Gasteiger partial charge in [-0.3, -0.25) is 4.79 Å².